The van der Waals surface area contributed by atoms with Crippen LogP contribution in [0.1, 0.15) is 21.6 Å². The number of aromatic nitrogens is 5. The summed E-state index contributed by atoms with van der Waals surface area (Å²) in [7, 11) is 0. The van der Waals surface area contributed by atoms with E-state index in [1.807, 2.05) is 6.07 Å². The molecule has 10 heteroatoms. The normalized spacial score (nSPS) is 10.8. The summed E-state index contributed by atoms with van der Waals surface area (Å²) < 4.78 is 27.5. The number of aromatic amines is 1. The number of pyridine rings is 1. The summed E-state index contributed by atoms with van der Waals surface area (Å²) in [6.45, 7) is 0.746. The first-order valence-corrected chi connectivity index (χ1v) is 9.55. The molecule has 1 amide bonds. The lowest BCUT2D eigenvalue weighted by atomic mass is 10.1. The average Bonchev–Trinajstić information content (AvgIpc) is 3.42. The van der Waals surface area contributed by atoms with E-state index in [0.717, 1.165) is 11.3 Å². The van der Waals surface area contributed by atoms with Crippen molar-refractivity contribution in [2.75, 3.05) is 12.0 Å². The Balaban J connectivity index is 1.35. The highest BCUT2D eigenvalue weighted by Gasteiger charge is 2.13. The predicted octanol–water partition coefficient (Wildman–Crippen LogP) is 2.66. The van der Waals surface area contributed by atoms with Crippen molar-refractivity contribution in [3.05, 3.63) is 89.6 Å². The van der Waals surface area contributed by atoms with Crippen LogP contribution in [0.25, 0.3) is 11.3 Å². The van der Waals surface area contributed by atoms with Gasteiger partial charge in [-0.2, -0.15) is 14.3 Å². The molecule has 8 nitrogen and oxygen atoms in total. The number of benzene rings is 1. The molecule has 1 aromatic carbocycles. The third-order valence-corrected chi connectivity index (χ3v) is 4.55. The molecule has 0 radical (unpaired) electrons. The van der Waals surface area contributed by atoms with Crippen molar-refractivity contribution in [2.24, 2.45) is 0 Å². The first-order valence-electron chi connectivity index (χ1n) is 9.55. The van der Waals surface area contributed by atoms with Crippen molar-refractivity contribution >= 4 is 5.91 Å². The first kappa shape index (κ1) is 20.2. The van der Waals surface area contributed by atoms with Crippen LogP contribution < -0.4 is 10.7 Å². The van der Waals surface area contributed by atoms with Gasteiger partial charge in [-0.3, -0.25) is 14.9 Å². The van der Waals surface area contributed by atoms with Crippen molar-refractivity contribution in [3.8, 4) is 11.3 Å². The third-order valence-electron chi connectivity index (χ3n) is 4.55. The average molecular weight is 423 g/mol. The van der Waals surface area contributed by atoms with Crippen LogP contribution >= 0.6 is 0 Å². The SMILES string of the molecule is O=C(NCc1ccn[nH]1)c1ccc(-c2cn(NCCc3cccc(F)c3)nc2F)nc1. The first-order chi connectivity index (χ1) is 15.1. The van der Waals surface area contributed by atoms with E-state index in [1.165, 1.54) is 29.3 Å². The van der Waals surface area contributed by atoms with Crippen LogP contribution in [0.15, 0.2) is 61.1 Å². The number of amides is 1. The molecule has 0 spiro atoms. The molecule has 0 saturated carbocycles. The third kappa shape index (κ3) is 5.10. The molecular weight excluding hydrogens is 404 g/mol. The summed E-state index contributed by atoms with van der Waals surface area (Å²) in [5.41, 5.74) is 5.44. The van der Waals surface area contributed by atoms with Crippen molar-refractivity contribution in [2.45, 2.75) is 13.0 Å². The number of hydrogen-bond acceptors (Lipinski definition) is 5. The van der Waals surface area contributed by atoms with Gasteiger partial charge in [0.1, 0.15) is 5.82 Å². The molecule has 0 unspecified atom stereocenters. The number of carbonyl (C=O) groups excluding carboxylic acids is 1. The zero-order valence-electron chi connectivity index (χ0n) is 16.3. The van der Waals surface area contributed by atoms with E-state index in [9.17, 15) is 13.6 Å². The molecule has 4 aromatic rings. The van der Waals surface area contributed by atoms with E-state index in [-0.39, 0.29) is 17.3 Å². The van der Waals surface area contributed by atoms with Crippen molar-refractivity contribution in [3.63, 3.8) is 0 Å². The molecule has 0 aliphatic carbocycles. The molecule has 31 heavy (non-hydrogen) atoms. The molecule has 0 atom stereocenters. The van der Waals surface area contributed by atoms with Crippen molar-refractivity contribution in [1.29, 1.82) is 0 Å². The van der Waals surface area contributed by atoms with E-state index in [2.05, 4.69) is 31.0 Å². The Morgan fingerprint density at radius 2 is 2.06 bits per heavy atom. The molecule has 0 saturated heterocycles. The Hall–Kier alpha value is -4.08. The fourth-order valence-corrected chi connectivity index (χ4v) is 2.96. The minimum atomic E-state index is -0.692. The molecule has 3 N–H and O–H groups in total. The molecule has 3 heterocycles. The summed E-state index contributed by atoms with van der Waals surface area (Å²) in [5.74, 6) is -1.29. The number of H-pyrrole nitrogens is 1. The van der Waals surface area contributed by atoms with E-state index in [1.54, 1.807) is 30.5 Å². The minimum absolute atomic E-state index is 0.197. The molecule has 158 valence electrons. The Morgan fingerprint density at radius 3 is 2.81 bits per heavy atom. The monoisotopic (exact) mass is 423 g/mol. The largest absolute Gasteiger partial charge is 0.346 e. The fourth-order valence-electron chi connectivity index (χ4n) is 2.96. The van der Waals surface area contributed by atoms with Crippen LogP contribution in [0.3, 0.4) is 0 Å². The lowest BCUT2D eigenvalue weighted by Gasteiger charge is -2.06. The minimum Gasteiger partial charge on any atom is -0.346 e. The predicted molar refractivity (Wildman–Crippen MR) is 110 cm³/mol. The zero-order valence-corrected chi connectivity index (χ0v) is 16.3. The van der Waals surface area contributed by atoms with Crippen molar-refractivity contribution in [1.82, 2.24) is 30.4 Å². The molecular formula is C21H19F2N7O. The molecule has 0 bridgehead atoms. The van der Waals surface area contributed by atoms with Gasteiger partial charge in [-0.05, 0) is 42.3 Å². The smallest absolute Gasteiger partial charge is 0.253 e. The zero-order chi connectivity index (χ0) is 21.6. The van der Waals surface area contributed by atoms with Gasteiger partial charge in [0.05, 0.1) is 35.3 Å². The summed E-state index contributed by atoms with van der Waals surface area (Å²) in [5, 5.41) is 13.1. The van der Waals surface area contributed by atoms with Gasteiger partial charge in [0.15, 0.2) is 0 Å². The molecule has 0 aliphatic rings. The van der Waals surface area contributed by atoms with Gasteiger partial charge < -0.3 is 10.7 Å². The maximum absolute atomic E-state index is 14.3. The molecule has 4 rings (SSSR count). The fraction of sp³-hybridized carbons (Fsp3) is 0.143. The van der Waals surface area contributed by atoms with E-state index in [0.29, 0.717) is 30.8 Å². The van der Waals surface area contributed by atoms with Crippen LogP contribution in [-0.2, 0) is 13.0 Å². The summed E-state index contributed by atoms with van der Waals surface area (Å²) in [4.78, 5) is 17.6. The second-order valence-corrected chi connectivity index (χ2v) is 6.76. The summed E-state index contributed by atoms with van der Waals surface area (Å²) in [6, 6.07) is 11.2. The quantitative estimate of drug-likeness (QED) is 0.405. The topological polar surface area (TPSA) is 101 Å². The van der Waals surface area contributed by atoms with Gasteiger partial charge in [0.25, 0.3) is 5.91 Å². The van der Waals surface area contributed by atoms with Gasteiger partial charge in [-0.1, -0.05) is 12.1 Å². The number of hydrogen-bond donors (Lipinski definition) is 3. The summed E-state index contributed by atoms with van der Waals surface area (Å²) in [6.07, 6.45) is 5.01. The maximum Gasteiger partial charge on any atom is 0.253 e. The van der Waals surface area contributed by atoms with E-state index < -0.39 is 5.95 Å². The Bertz CT molecular complexity index is 1160. The lowest BCUT2D eigenvalue weighted by molar-refractivity contribution is 0.0950. The number of nitrogens with one attached hydrogen (secondary N) is 3. The second-order valence-electron chi connectivity index (χ2n) is 6.76. The van der Waals surface area contributed by atoms with Crippen LogP contribution in [0.4, 0.5) is 8.78 Å². The summed E-state index contributed by atoms with van der Waals surface area (Å²) >= 11 is 0. The highest BCUT2D eigenvalue weighted by Crippen LogP contribution is 2.19. The van der Waals surface area contributed by atoms with Gasteiger partial charge in [-0.25, -0.2) is 4.39 Å². The highest BCUT2D eigenvalue weighted by molar-refractivity contribution is 5.94. The number of halogens is 2. The Labute approximate surface area is 176 Å². The molecule has 3 aromatic heterocycles. The Kier molecular flexibility index (Phi) is 5.97. The van der Waals surface area contributed by atoms with Crippen LogP contribution in [0.5, 0.6) is 0 Å². The highest BCUT2D eigenvalue weighted by atomic mass is 19.1. The van der Waals surface area contributed by atoms with Crippen LogP contribution in [0.2, 0.25) is 0 Å². The number of carbonyl (C=O) groups is 1. The Morgan fingerprint density at radius 1 is 1.16 bits per heavy atom. The van der Waals surface area contributed by atoms with Gasteiger partial charge in [-0.15, -0.1) is 5.10 Å². The van der Waals surface area contributed by atoms with Crippen molar-refractivity contribution < 1.29 is 13.6 Å². The van der Waals surface area contributed by atoms with Gasteiger partial charge in [0.2, 0.25) is 5.95 Å². The number of rotatable bonds is 8. The molecule has 0 aliphatic heterocycles. The van der Waals surface area contributed by atoms with Gasteiger partial charge >= 0.3 is 0 Å². The van der Waals surface area contributed by atoms with E-state index >= 15 is 0 Å². The van der Waals surface area contributed by atoms with Crippen LogP contribution in [-0.4, -0.2) is 37.5 Å². The second kappa shape index (κ2) is 9.16. The van der Waals surface area contributed by atoms with E-state index in [4.69, 9.17) is 0 Å². The van der Waals surface area contributed by atoms with Gasteiger partial charge in [0, 0.05) is 18.9 Å². The standard InChI is InChI=1S/C21H19F2N7O/c22-16-3-1-2-14(10-16)6-9-27-30-13-18(20(23)29-30)19-5-4-15(11-24-19)21(31)25-12-17-7-8-26-28-17/h1-5,7-8,10-11,13,27H,6,9,12H2,(H,25,31)(H,26,28). The lowest BCUT2D eigenvalue weighted by Crippen LogP contribution is -2.23. The van der Waals surface area contributed by atoms with Crippen LogP contribution in [0, 0.1) is 11.8 Å². The maximum atomic E-state index is 14.3. The molecule has 0 fully saturated rings. The number of nitrogens with zero attached hydrogens (tertiary/aromatic N) is 4.